The van der Waals surface area contributed by atoms with E-state index in [9.17, 15) is 4.39 Å². The van der Waals surface area contributed by atoms with E-state index in [2.05, 4.69) is 53.0 Å². The molecule has 0 saturated carbocycles. The highest BCUT2D eigenvalue weighted by molar-refractivity contribution is 5.48. The molecule has 6 nitrogen and oxygen atoms in total. The van der Waals surface area contributed by atoms with Crippen LogP contribution in [-0.4, -0.2) is 51.3 Å². The smallest absolute Gasteiger partial charge is 0.168 e. The average molecular weight is 375 g/mol. The van der Waals surface area contributed by atoms with Gasteiger partial charge in [-0.1, -0.05) is 32.4 Å². The molecule has 0 aliphatic carbocycles. The molecule has 0 bridgehead atoms. The number of piperazine rings is 1. The zero-order valence-electron chi connectivity index (χ0n) is 16.9. The summed E-state index contributed by atoms with van der Waals surface area (Å²) >= 11 is 0. The van der Waals surface area contributed by atoms with Crippen LogP contribution in [0.2, 0.25) is 0 Å². The van der Waals surface area contributed by atoms with Crippen LogP contribution in [0, 0.1) is 5.82 Å². The number of rotatable bonds is 7. The molecule has 27 heavy (non-hydrogen) atoms. The molecule has 1 atom stereocenters. The van der Waals surface area contributed by atoms with E-state index < -0.39 is 0 Å². The predicted octanol–water partition coefficient (Wildman–Crippen LogP) is 3.62. The van der Waals surface area contributed by atoms with E-state index in [0.717, 1.165) is 51.3 Å². The summed E-state index contributed by atoms with van der Waals surface area (Å²) in [7, 11) is 0. The van der Waals surface area contributed by atoms with E-state index in [-0.39, 0.29) is 17.4 Å². The predicted molar refractivity (Wildman–Crippen MR) is 105 cm³/mol. The summed E-state index contributed by atoms with van der Waals surface area (Å²) in [5, 5.41) is 12.7. The van der Waals surface area contributed by atoms with Crippen LogP contribution < -0.4 is 4.90 Å². The van der Waals surface area contributed by atoms with Gasteiger partial charge < -0.3 is 4.90 Å². The fourth-order valence-electron chi connectivity index (χ4n) is 3.71. The lowest BCUT2D eigenvalue weighted by Crippen LogP contribution is -2.48. The molecule has 1 aromatic carbocycles. The summed E-state index contributed by atoms with van der Waals surface area (Å²) in [6.45, 7) is 12.1. The normalized spacial score (nSPS) is 17.3. The molecular formula is C20H31FN6. The van der Waals surface area contributed by atoms with Gasteiger partial charge in [-0.05, 0) is 49.2 Å². The van der Waals surface area contributed by atoms with Gasteiger partial charge in [0.05, 0.1) is 17.3 Å². The van der Waals surface area contributed by atoms with E-state index in [1.807, 2.05) is 16.8 Å². The maximum atomic E-state index is 14.1. The minimum atomic E-state index is -0.148. The Balaban J connectivity index is 1.77. The number of benzene rings is 1. The SMILES string of the molecule is CCCC(c1nnnn1C(C)(C)CC)N1CCN(c2ccccc2F)CC1. The zero-order chi connectivity index (χ0) is 19.4. The minimum absolute atomic E-state index is 0.111. The highest BCUT2D eigenvalue weighted by Gasteiger charge is 2.32. The average Bonchev–Trinajstić information content (AvgIpc) is 3.17. The van der Waals surface area contributed by atoms with Crippen molar-refractivity contribution in [3.8, 4) is 0 Å². The summed E-state index contributed by atoms with van der Waals surface area (Å²) in [5.74, 6) is 0.799. The number of halogens is 1. The van der Waals surface area contributed by atoms with Crippen molar-refractivity contribution in [1.29, 1.82) is 0 Å². The monoisotopic (exact) mass is 374 g/mol. The Morgan fingerprint density at radius 3 is 2.44 bits per heavy atom. The Morgan fingerprint density at radius 2 is 1.81 bits per heavy atom. The molecule has 0 spiro atoms. The number of nitrogens with zero attached hydrogens (tertiary/aromatic N) is 6. The van der Waals surface area contributed by atoms with Gasteiger partial charge in [-0.2, -0.15) is 0 Å². The summed E-state index contributed by atoms with van der Waals surface area (Å²) < 4.78 is 16.1. The molecule has 1 aliphatic rings. The molecule has 2 heterocycles. The van der Waals surface area contributed by atoms with Crippen LogP contribution in [0.4, 0.5) is 10.1 Å². The first-order valence-electron chi connectivity index (χ1n) is 10.00. The van der Waals surface area contributed by atoms with Gasteiger partial charge in [0.2, 0.25) is 0 Å². The second-order valence-electron chi connectivity index (χ2n) is 7.89. The molecule has 148 valence electrons. The van der Waals surface area contributed by atoms with Gasteiger partial charge in [-0.15, -0.1) is 5.10 Å². The number of para-hydroxylation sites is 1. The molecular weight excluding hydrogens is 343 g/mol. The van der Waals surface area contributed by atoms with Crippen molar-refractivity contribution in [3.05, 3.63) is 35.9 Å². The second kappa shape index (κ2) is 8.33. The minimum Gasteiger partial charge on any atom is -0.367 e. The molecule has 0 radical (unpaired) electrons. The molecule has 3 rings (SSSR count). The zero-order valence-corrected chi connectivity index (χ0v) is 16.9. The summed E-state index contributed by atoms with van der Waals surface area (Å²) in [6.07, 6.45) is 3.04. The van der Waals surface area contributed by atoms with E-state index in [1.165, 1.54) is 6.07 Å². The van der Waals surface area contributed by atoms with Crippen LogP contribution in [0.3, 0.4) is 0 Å². The highest BCUT2D eigenvalue weighted by Crippen LogP contribution is 2.30. The molecule has 1 fully saturated rings. The highest BCUT2D eigenvalue weighted by atomic mass is 19.1. The Kier molecular flexibility index (Phi) is 6.09. The van der Waals surface area contributed by atoms with Crippen molar-refractivity contribution < 1.29 is 4.39 Å². The van der Waals surface area contributed by atoms with Crippen LogP contribution in [0.1, 0.15) is 58.8 Å². The largest absolute Gasteiger partial charge is 0.367 e. The third-order valence-corrected chi connectivity index (χ3v) is 5.74. The number of tetrazole rings is 1. The molecule has 7 heteroatoms. The fourth-order valence-corrected chi connectivity index (χ4v) is 3.71. The van der Waals surface area contributed by atoms with Crippen molar-refractivity contribution in [2.75, 3.05) is 31.1 Å². The van der Waals surface area contributed by atoms with Gasteiger partial charge >= 0.3 is 0 Å². The number of hydrogen-bond donors (Lipinski definition) is 0. The Labute approximate surface area is 161 Å². The van der Waals surface area contributed by atoms with Gasteiger partial charge in [0.15, 0.2) is 5.82 Å². The molecule has 0 N–H and O–H groups in total. The van der Waals surface area contributed by atoms with E-state index >= 15 is 0 Å². The van der Waals surface area contributed by atoms with Crippen molar-refractivity contribution in [2.24, 2.45) is 0 Å². The summed E-state index contributed by atoms with van der Waals surface area (Å²) in [5.41, 5.74) is 0.584. The van der Waals surface area contributed by atoms with E-state index in [1.54, 1.807) is 6.07 Å². The number of aromatic nitrogens is 4. The standard InChI is InChI=1S/C20H31FN6/c1-5-9-18(19-22-23-24-27(19)20(3,4)6-2)26-14-12-25(13-15-26)17-11-8-7-10-16(17)21/h7-8,10-11,18H,5-6,9,12-15H2,1-4H3. The first-order chi connectivity index (χ1) is 13.0. The molecule has 1 unspecified atom stereocenters. The van der Waals surface area contributed by atoms with Gasteiger partial charge in [-0.25, -0.2) is 9.07 Å². The lowest BCUT2D eigenvalue weighted by molar-refractivity contribution is 0.153. The van der Waals surface area contributed by atoms with E-state index in [4.69, 9.17) is 0 Å². The lowest BCUT2D eigenvalue weighted by atomic mass is 10.0. The lowest BCUT2D eigenvalue weighted by Gasteiger charge is -2.40. The number of anilines is 1. The van der Waals surface area contributed by atoms with Crippen LogP contribution in [-0.2, 0) is 5.54 Å². The van der Waals surface area contributed by atoms with Gasteiger partial charge in [-0.3, -0.25) is 4.90 Å². The third kappa shape index (κ3) is 4.13. The van der Waals surface area contributed by atoms with Crippen LogP contribution in [0.5, 0.6) is 0 Å². The first kappa shape index (κ1) is 19.7. The van der Waals surface area contributed by atoms with Crippen molar-refractivity contribution in [2.45, 2.75) is 58.5 Å². The maximum Gasteiger partial charge on any atom is 0.168 e. The van der Waals surface area contributed by atoms with Crippen molar-refractivity contribution in [3.63, 3.8) is 0 Å². The Hall–Kier alpha value is -2.02. The van der Waals surface area contributed by atoms with Gasteiger partial charge in [0.1, 0.15) is 5.82 Å². The summed E-state index contributed by atoms with van der Waals surface area (Å²) in [6, 6.07) is 7.22. The maximum absolute atomic E-state index is 14.1. The van der Waals surface area contributed by atoms with E-state index in [0.29, 0.717) is 5.69 Å². The third-order valence-electron chi connectivity index (χ3n) is 5.74. The Bertz CT molecular complexity index is 736. The molecule has 0 amide bonds. The topological polar surface area (TPSA) is 50.1 Å². The van der Waals surface area contributed by atoms with Crippen LogP contribution in [0.25, 0.3) is 0 Å². The molecule has 1 aliphatic heterocycles. The number of hydrogen-bond acceptors (Lipinski definition) is 5. The molecule has 1 aromatic heterocycles. The quantitative estimate of drug-likeness (QED) is 0.741. The summed E-state index contributed by atoms with van der Waals surface area (Å²) in [4.78, 5) is 4.59. The Morgan fingerprint density at radius 1 is 1.11 bits per heavy atom. The van der Waals surface area contributed by atoms with Crippen LogP contribution >= 0.6 is 0 Å². The fraction of sp³-hybridized carbons (Fsp3) is 0.650. The molecule has 2 aromatic rings. The van der Waals surface area contributed by atoms with Gasteiger partial charge in [0.25, 0.3) is 0 Å². The van der Waals surface area contributed by atoms with Crippen molar-refractivity contribution in [1.82, 2.24) is 25.1 Å². The van der Waals surface area contributed by atoms with Crippen LogP contribution in [0.15, 0.2) is 24.3 Å². The van der Waals surface area contributed by atoms with Gasteiger partial charge in [0, 0.05) is 26.2 Å². The first-order valence-corrected chi connectivity index (χ1v) is 10.00. The van der Waals surface area contributed by atoms with Crippen molar-refractivity contribution >= 4 is 5.69 Å². The second-order valence-corrected chi connectivity index (χ2v) is 7.89. The molecule has 1 saturated heterocycles.